The minimum Gasteiger partial charge on any atom is -0.709 e. The lowest BCUT2D eigenvalue weighted by molar-refractivity contribution is -0.649. The predicted octanol–water partition coefficient (Wildman–Crippen LogP) is 5.98. The fourth-order valence-corrected chi connectivity index (χ4v) is 8.43. The topological polar surface area (TPSA) is 114 Å². The Bertz CT molecular complexity index is 1760. The molecule has 1 atom stereocenters. The van der Waals surface area contributed by atoms with Gasteiger partial charge >= 0.3 is 10.1 Å². The fourth-order valence-electron chi connectivity index (χ4n) is 4.69. The maximum atomic E-state index is 11.9. The number of allylic oxidation sites excluding steroid dienone is 6. The van der Waals surface area contributed by atoms with Crippen LogP contribution in [0, 0.1) is 0 Å². The van der Waals surface area contributed by atoms with Crippen molar-refractivity contribution in [1.82, 2.24) is 4.90 Å². The predicted molar refractivity (Wildman–Crippen MR) is 183 cm³/mol. The number of nitrogens with zero attached hydrogens (tertiary/aromatic N) is 3. The highest BCUT2D eigenvalue weighted by atomic mass is 35.5. The zero-order valence-corrected chi connectivity index (χ0v) is 29.2. The molecule has 0 fully saturated rings. The molecule has 2 heterocycles. The molecule has 0 bridgehead atoms. The summed E-state index contributed by atoms with van der Waals surface area (Å²) in [6, 6.07) is 15.1. The molecule has 1 aromatic heterocycles. The number of anilines is 1. The number of para-hydroxylation sites is 2. The van der Waals surface area contributed by atoms with Crippen LogP contribution in [0.2, 0.25) is 0 Å². The molecular formula is C31H36ClN3O6S4. The molecule has 3 aromatic rings. The Labute approximate surface area is 280 Å². The van der Waals surface area contributed by atoms with E-state index in [0.717, 1.165) is 69.3 Å². The zero-order chi connectivity index (χ0) is 32.6. The van der Waals surface area contributed by atoms with E-state index in [-0.39, 0.29) is 5.88 Å². The van der Waals surface area contributed by atoms with E-state index >= 15 is 0 Å². The summed E-state index contributed by atoms with van der Waals surface area (Å²) < 4.78 is 51.0. The van der Waals surface area contributed by atoms with Gasteiger partial charge in [-0.25, -0.2) is 4.21 Å². The van der Waals surface area contributed by atoms with Gasteiger partial charge in [-0.3, -0.25) is 4.55 Å². The third kappa shape index (κ3) is 9.60. The van der Waals surface area contributed by atoms with Crippen LogP contribution in [0.1, 0.15) is 38.1 Å². The lowest BCUT2D eigenvalue weighted by Gasteiger charge is -2.20. The highest BCUT2D eigenvalue weighted by molar-refractivity contribution is 8.03. The second-order valence-electron chi connectivity index (χ2n) is 10.3. The first-order chi connectivity index (χ1) is 21.5. The Hall–Kier alpha value is -2.33. The highest BCUT2D eigenvalue weighted by Crippen LogP contribution is 2.46. The summed E-state index contributed by atoms with van der Waals surface area (Å²) in [5.41, 5.74) is 3.44. The van der Waals surface area contributed by atoms with E-state index in [9.17, 15) is 22.4 Å². The lowest BCUT2D eigenvalue weighted by atomic mass is 9.94. The van der Waals surface area contributed by atoms with E-state index in [4.69, 9.17) is 11.6 Å². The molecule has 45 heavy (non-hydrogen) atoms. The summed E-state index contributed by atoms with van der Waals surface area (Å²) in [5.74, 6) is -0.625. The van der Waals surface area contributed by atoms with E-state index in [1.165, 1.54) is 23.1 Å². The summed E-state index contributed by atoms with van der Waals surface area (Å²) in [4.78, 5) is 5.03. The van der Waals surface area contributed by atoms with Gasteiger partial charge in [-0.1, -0.05) is 85.0 Å². The maximum Gasteiger partial charge on any atom is 0.326 e. The van der Waals surface area contributed by atoms with Crippen LogP contribution in [0.3, 0.4) is 0 Å². The molecule has 2 aliphatic rings. The van der Waals surface area contributed by atoms with Crippen LogP contribution in [0.15, 0.2) is 92.9 Å². The fraction of sp³-hybridized carbons (Fsp3) is 0.323. The second kappa shape index (κ2) is 16.5. The summed E-state index contributed by atoms with van der Waals surface area (Å²) in [6.45, 7) is 6.64. The van der Waals surface area contributed by atoms with E-state index in [2.05, 4.69) is 30.1 Å². The number of hydrogen-bond donors (Lipinski definition) is 1. The molecule has 2 aromatic carbocycles. The lowest BCUT2D eigenvalue weighted by Crippen LogP contribution is -2.38. The van der Waals surface area contributed by atoms with Gasteiger partial charge in [0.1, 0.15) is 10.6 Å². The number of thioether (sulfide) groups is 1. The maximum absolute atomic E-state index is 11.9. The summed E-state index contributed by atoms with van der Waals surface area (Å²) in [5, 5.41) is 12.8. The van der Waals surface area contributed by atoms with Gasteiger partial charge in [0.15, 0.2) is 11.1 Å². The minimum absolute atomic E-state index is 0.0845. The van der Waals surface area contributed by atoms with Gasteiger partial charge in [-0.2, -0.15) is 13.0 Å². The van der Waals surface area contributed by atoms with Gasteiger partial charge in [-0.15, -0.1) is 0 Å². The molecular weight excluding hydrogens is 674 g/mol. The average molecular weight is 710 g/mol. The first kappa shape index (κ1) is 35.5. The van der Waals surface area contributed by atoms with Gasteiger partial charge in [0.2, 0.25) is 5.52 Å². The van der Waals surface area contributed by atoms with Crippen LogP contribution in [0.5, 0.6) is 0 Å². The Kier molecular flexibility index (Phi) is 13.0. The number of benzene rings is 2. The smallest absolute Gasteiger partial charge is 0.326 e. The molecule has 0 spiro atoms. The molecule has 0 radical (unpaired) electrons. The number of aromatic nitrogens is 1. The Morgan fingerprint density at radius 2 is 1.82 bits per heavy atom. The summed E-state index contributed by atoms with van der Waals surface area (Å²) >= 11 is 7.75. The Balaban J connectivity index is 0.000000700. The number of halogens is 1. The van der Waals surface area contributed by atoms with Crippen molar-refractivity contribution in [1.29, 1.82) is 0 Å². The number of fused-ring (bicyclic) bond motifs is 2. The Morgan fingerprint density at radius 3 is 2.51 bits per heavy atom. The van der Waals surface area contributed by atoms with E-state index in [1.54, 1.807) is 9.47 Å². The van der Waals surface area contributed by atoms with Crippen LogP contribution in [-0.4, -0.2) is 48.1 Å². The van der Waals surface area contributed by atoms with Crippen molar-refractivity contribution in [3.05, 3.63) is 93.0 Å². The molecule has 1 aliphatic carbocycles. The second-order valence-corrected chi connectivity index (χ2v) is 15.2. The van der Waals surface area contributed by atoms with E-state index in [0.29, 0.717) is 10.0 Å². The third-order valence-electron chi connectivity index (χ3n) is 7.27. The van der Waals surface area contributed by atoms with E-state index in [1.807, 2.05) is 72.8 Å². The molecule has 0 saturated carbocycles. The average Bonchev–Trinajstić information content (AvgIpc) is 3.56. The first-order valence-corrected chi connectivity index (χ1v) is 19.2. The standard InChI is InChI=1S/C26H23ClN2O6S4.C5H13N/c27-26-18(12-14-24-28(16-38(31)35-30)20-8-1-3-10-22(20)36-24)6-5-7-19(26)13-15-25-29(17-39(32,33)34)21-9-2-4-11-23(21)37-25;1-4-6(3)5-2/h1-4,8-15H,5-7,16-17H2,(H-,30,32,33,34);4-5H2,1-3H3. The van der Waals surface area contributed by atoms with Crippen molar-refractivity contribution in [2.24, 2.45) is 0 Å². The summed E-state index contributed by atoms with van der Waals surface area (Å²) in [6.07, 6.45) is 10.00. The van der Waals surface area contributed by atoms with Gasteiger partial charge in [0, 0.05) is 22.1 Å². The van der Waals surface area contributed by atoms with Crippen LogP contribution < -0.4 is 14.7 Å². The minimum atomic E-state index is -4.24. The zero-order valence-electron chi connectivity index (χ0n) is 25.2. The molecule has 5 rings (SSSR count). The van der Waals surface area contributed by atoms with Crippen molar-refractivity contribution >= 4 is 77.9 Å². The van der Waals surface area contributed by atoms with Crippen molar-refractivity contribution in [2.75, 3.05) is 30.9 Å². The molecule has 9 nitrogen and oxygen atoms in total. The van der Waals surface area contributed by atoms with Crippen molar-refractivity contribution in [3.8, 4) is 0 Å². The normalized spacial score (nSPS) is 17.9. The van der Waals surface area contributed by atoms with Gasteiger partial charge in [0.25, 0.3) is 10.9 Å². The molecule has 1 N–H and O–H groups in total. The molecule has 242 valence electrons. The first-order valence-electron chi connectivity index (χ1n) is 14.3. The van der Waals surface area contributed by atoms with Crippen molar-refractivity contribution < 1.29 is 31.3 Å². The Morgan fingerprint density at radius 1 is 1.11 bits per heavy atom. The molecule has 1 unspecified atom stereocenters. The SMILES string of the molecule is CCN(C)CC.O=S(CN1/C(=C\C=C2/CCCC(/C=C/c3sc4ccccc4[n+]3CS(=O)(=O)O)=C2Cl)Sc2ccccc21)O[O-]. The molecule has 14 heteroatoms. The van der Waals surface area contributed by atoms with Crippen molar-refractivity contribution in [2.45, 2.75) is 43.9 Å². The number of hydrogen-bond acceptors (Lipinski definition) is 9. The summed E-state index contributed by atoms with van der Waals surface area (Å²) in [7, 11) is -2.13. The van der Waals surface area contributed by atoms with Gasteiger partial charge in [0.05, 0.1) is 10.7 Å². The quantitative estimate of drug-likeness (QED) is 0.118. The molecule has 0 amide bonds. The monoisotopic (exact) mass is 709 g/mol. The van der Waals surface area contributed by atoms with Gasteiger partial charge in [-0.05, 0) is 74.8 Å². The largest absolute Gasteiger partial charge is 0.709 e. The van der Waals surface area contributed by atoms with Crippen molar-refractivity contribution in [3.63, 3.8) is 0 Å². The van der Waals surface area contributed by atoms with Crippen LogP contribution >= 0.6 is 34.7 Å². The molecule has 0 saturated heterocycles. The van der Waals surface area contributed by atoms with Crippen LogP contribution in [0.4, 0.5) is 5.69 Å². The molecule has 1 aliphatic heterocycles. The van der Waals surface area contributed by atoms with Crippen LogP contribution in [-0.2, 0) is 31.4 Å². The highest BCUT2D eigenvalue weighted by Gasteiger charge is 2.27. The van der Waals surface area contributed by atoms with E-state index < -0.39 is 27.1 Å². The van der Waals surface area contributed by atoms with Gasteiger partial charge < -0.3 is 19.4 Å². The number of thiazole rings is 1. The van der Waals surface area contributed by atoms with Crippen LogP contribution in [0.25, 0.3) is 16.3 Å². The number of rotatable bonds is 10. The third-order valence-corrected chi connectivity index (χ3v) is 11.2.